The highest BCUT2D eigenvalue weighted by molar-refractivity contribution is 9.10. The zero-order chi connectivity index (χ0) is 21.7. The summed E-state index contributed by atoms with van der Waals surface area (Å²) < 4.78 is 8.64. The van der Waals surface area contributed by atoms with Crippen LogP contribution in [0, 0.1) is 0 Å². The molecule has 1 aliphatic rings. The Morgan fingerprint density at radius 1 is 1.30 bits per heavy atom. The van der Waals surface area contributed by atoms with E-state index in [2.05, 4.69) is 45.1 Å². The van der Waals surface area contributed by atoms with E-state index >= 15 is 0 Å². The summed E-state index contributed by atoms with van der Waals surface area (Å²) in [5.74, 6) is -0.0624. The van der Waals surface area contributed by atoms with E-state index in [4.69, 9.17) is 27.9 Å². The quantitative estimate of drug-likeness (QED) is 0.572. The lowest BCUT2D eigenvalue weighted by atomic mass is 10.2. The van der Waals surface area contributed by atoms with Gasteiger partial charge in [0.05, 0.1) is 38.6 Å². The van der Waals surface area contributed by atoms with Crippen molar-refractivity contribution >= 4 is 45.0 Å². The normalized spacial score (nSPS) is 17.3. The molecule has 2 aromatic rings. The van der Waals surface area contributed by atoms with Gasteiger partial charge in [0.2, 0.25) is 5.91 Å². The number of rotatable bonds is 8. The molecule has 1 atom stereocenters. The molecule has 9 heteroatoms. The molecule has 3 rings (SSSR count). The van der Waals surface area contributed by atoms with Crippen LogP contribution in [0.5, 0.6) is 0 Å². The van der Waals surface area contributed by atoms with Crippen LogP contribution in [0.1, 0.15) is 30.8 Å². The number of ether oxygens (including phenoxy) is 1. The lowest BCUT2D eigenvalue weighted by molar-refractivity contribution is -0.123. The molecule has 0 bridgehead atoms. The number of carbonyl (C=O) groups is 1. The molecule has 1 aromatic heterocycles. The number of hydrogen-bond acceptors (Lipinski definition) is 4. The minimum Gasteiger partial charge on any atom is -0.374 e. The topological polar surface area (TPSA) is 59.4 Å². The number of aromatic nitrogens is 2. The molecular weight excluding hydrogens is 491 g/mol. The summed E-state index contributed by atoms with van der Waals surface area (Å²) in [7, 11) is 0. The van der Waals surface area contributed by atoms with Crippen molar-refractivity contribution in [2.24, 2.45) is 0 Å². The Labute approximate surface area is 196 Å². The van der Waals surface area contributed by atoms with Crippen molar-refractivity contribution < 1.29 is 9.53 Å². The standard InChI is InChI=1S/C21H27BrCl2N4O2/c1-3-18-21(22)19(4-2)28(26-18)13-20(29)25-10-15-12-27(7-8-30-15)11-14-5-6-16(23)17(24)9-14/h5-6,9,15H,3-4,7-8,10-13H2,1-2H3,(H,25,29). The highest BCUT2D eigenvalue weighted by atomic mass is 79.9. The van der Waals surface area contributed by atoms with E-state index in [0.717, 1.165) is 53.9 Å². The zero-order valence-electron chi connectivity index (χ0n) is 17.3. The maximum absolute atomic E-state index is 12.5. The third kappa shape index (κ3) is 5.98. The van der Waals surface area contributed by atoms with Gasteiger partial charge in [-0.05, 0) is 46.5 Å². The molecule has 0 aliphatic carbocycles. The minimum atomic E-state index is -0.0624. The summed E-state index contributed by atoms with van der Waals surface area (Å²) in [6.07, 6.45) is 1.59. The first kappa shape index (κ1) is 23.5. The van der Waals surface area contributed by atoms with Crippen LogP contribution >= 0.6 is 39.1 Å². The predicted molar refractivity (Wildman–Crippen MR) is 123 cm³/mol. The van der Waals surface area contributed by atoms with E-state index in [1.807, 2.05) is 18.2 Å². The number of carbonyl (C=O) groups excluding carboxylic acids is 1. The van der Waals surface area contributed by atoms with E-state index in [1.165, 1.54) is 0 Å². The molecular formula is C21H27BrCl2N4O2. The molecule has 1 fully saturated rings. The van der Waals surface area contributed by atoms with Crippen molar-refractivity contribution in [3.63, 3.8) is 0 Å². The Kier molecular flexibility index (Phi) is 8.60. The van der Waals surface area contributed by atoms with Gasteiger partial charge in [0.15, 0.2) is 0 Å². The fourth-order valence-corrected chi connectivity index (χ4v) is 4.75. The van der Waals surface area contributed by atoms with E-state index in [1.54, 1.807) is 4.68 Å². The van der Waals surface area contributed by atoms with Crippen molar-refractivity contribution in [2.45, 2.75) is 45.9 Å². The highest BCUT2D eigenvalue weighted by Gasteiger charge is 2.22. The first-order valence-corrected chi connectivity index (χ1v) is 11.7. The number of nitrogens with zero attached hydrogens (tertiary/aromatic N) is 3. The number of morpholine rings is 1. The summed E-state index contributed by atoms with van der Waals surface area (Å²) in [5, 5.41) is 8.67. The van der Waals surface area contributed by atoms with Gasteiger partial charge in [0, 0.05) is 26.2 Å². The molecule has 30 heavy (non-hydrogen) atoms. The van der Waals surface area contributed by atoms with Crippen LogP contribution in [0.3, 0.4) is 0 Å². The third-order valence-corrected chi connectivity index (χ3v) is 6.82. The number of halogens is 3. The Morgan fingerprint density at radius 2 is 2.10 bits per heavy atom. The summed E-state index contributed by atoms with van der Waals surface area (Å²) in [5.41, 5.74) is 3.13. The summed E-state index contributed by atoms with van der Waals surface area (Å²) in [6.45, 7) is 7.79. The average molecular weight is 518 g/mol. The monoisotopic (exact) mass is 516 g/mol. The predicted octanol–water partition coefficient (Wildman–Crippen LogP) is 4.09. The second kappa shape index (κ2) is 11.0. The fraction of sp³-hybridized carbons (Fsp3) is 0.524. The van der Waals surface area contributed by atoms with Crippen LogP contribution in [0.25, 0.3) is 0 Å². The number of aryl methyl sites for hydroxylation is 1. The maximum Gasteiger partial charge on any atom is 0.241 e. The van der Waals surface area contributed by atoms with Gasteiger partial charge in [-0.3, -0.25) is 14.4 Å². The molecule has 0 saturated carbocycles. The average Bonchev–Trinajstić information content (AvgIpc) is 3.03. The van der Waals surface area contributed by atoms with E-state index in [0.29, 0.717) is 23.2 Å². The fourth-order valence-electron chi connectivity index (χ4n) is 3.59. The number of benzene rings is 1. The van der Waals surface area contributed by atoms with Crippen LogP contribution in [0.2, 0.25) is 10.0 Å². The maximum atomic E-state index is 12.5. The summed E-state index contributed by atoms with van der Waals surface area (Å²) in [4.78, 5) is 14.8. The largest absolute Gasteiger partial charge is 0.374 e. The van der Waals surface area contributed by atoms with Crippen LogP contribution in [-0.4, -0.2) is 52.9 Å². The van der Waals surface area contributed by atoms with Crippen molar-refractivity contribution in [1.82, 2.24) is 20.0 Å². The van der Waals surface area contributed by atoms with Crippen LogP contribution in [0.4, 0.5) is 0 Å². The van der Waals surface area contributed by atoms with Gasteiger partial charge in [-0.2, -0.15) is 5.10 Å². The zero-order valence-corrected chi connectivity index (χ0v) is 20.4. The number of nitrogens with one attached hydrogen (secondary N) is 1. The molecule has 1 saturated heterocycles. The number of amides is 1. The molecule has 0 spiro atoms. The molecule has 164 valence electrons. The molecule has 1 unspecified atom stereocenters. The Hall–Kier alpha value is -1.12. The molecule has 1 aromatic carbocycles. The van der Waals surface area contributed by atoms with Gasteiger partial charge >= 0.3 is 0 Å². The summed E-state index contributed by atoms with van der Waals surface area (Å²) >= 11 is 15.7. The van der Waals surface area contributed by atoms with E-state index in [-0.39, 0.29) is 18.6 Å². The highest BCUT2D eigenvalue weighted by Crippen LogP contribution is 2.24. The SMILES string of the molecule is CCc1nn(CC(=O)NCC2CN(Cc3ccc(Cl)c(Cl)c3)CCO2)c(CC)c1Br. The molecule has 6 nitrogen and oxygen atoms in total. The smallest absolute Gasteiger partial charge is 0.241 e. The van der Waals surface area contributed by atoms with Gasteiger partial charge in [-0.15, -0.1) is 0 Å². The van der Waals surface area contributed by atoms with E-state index in [9.17, 15) is 4.79 Å². The van der Waals surface area contributed by atoms with Gasteiger partial charge < -0.3 is 10.1 Å². The first-order valence-electron chi connectivity index (χ1n) is 10.2. The van der Waals surface area contributed by atoms with Crippen molar-refractivity contribution in [3.8, 4) is 0 Å². The minimum absolute atomic E-state index is 0.0494. The van der Waals surface area contributed by atoms with Gasteiger partial charge in [0.25, 0.3) is 0 Å². The van der Waals surface area contributed by atoms with Crippen LogP contribution in [-0.2, 0) is 35.5 Å². The van der Waals surface area contributed by atoms with Gasteiger partial charge in [-0.1, -0.05) is 43.1 Å². The lowest BCUT2D eigenvalue weighted by Gasteiger charge is -2.33. The molecule has 2 heterocycles. The molecule has 0 radical (unpaired) electrons. The molecule has 1 N–H and O–H groups in total. The second-order valence-corrected chi connectivity index (χ2v) is 8.96. The lowest BCUT2D eigenvalue weighted by Crippen LogP contribution is -2.47. The Balaban J connectivity index is 1.50. The van der Waals surface area contributed by atoms with Gasteiger partial charge in [0.1, 0.15) is 6.54 Å². The molecule has 1 aliphatic heterocycles. The Bertz CT molecular complexity index is 890. The van der Waals surface area contributed by atoms with Crippen LogP contribution < -0.4 is 5.32 Å². The van der Waals surface area contributed by atoms with Gasteiger partial charge in [-0.25, -0.2) is 0 Å². The first-order chi connectivity index (χ1) is 14.4. The molecule has 1 amide bonds. The van der Waals surface area contributed by atoms with Crippen LogP contribution in [0.15, 0.2) is 22.7 Å². The van der Waals surface area contributed by atoms with Crippen molar-refractivity contribution in [3.05, 3.63) is 49.7 Å². The Morgan fingerprint density at radius 3 is 2.80 bits per heavy atom. The third-order valence-electron chi connectivity index (χ3n) is 5.16. The number of hydrogen-bond donors (Lipinski definition) is 1. The van der Waals surface area contributed by atoms with Crippen molar-refractivity contribution in [2.75, 3.05) is 26.2 Å². The van der Waals surface area contributed by atoms with Crippen molar-refractivity contribution in [1.29, 1.82) is 0 Å². The second-order valence-electron chi connectivity index (χ2n) is 7.35. The van der Waals surface area contributed by atoms with E-state index < -0.39 is 0 Å². The summed E-state index contributed by atoms with van der Waals surface area (Å²) in [6, 6.07) is 5.70.